The largest absolute Gasteiger partial charge is 0.443 e. The number of aromatic nitrogens is 2. The second-order valence-electron chi connectivity index (χ2n) is 6.48. The minimum atomic E-state index is -4.50. The van der Waals surface area contributed by atoms with E-state index in [1.54, 1.807) is 23.9 Å². The Labute approximate surface area is 179 Å². The van der Waals surface area contributed by atoms with Crippen LogP contribution < -0.4 is 5.32 Å². The first-order chi connectivity index (χ1) is 14.3. The highest BCUT2D eigenvalue weighted by Crippen LogP contribution is 2.34. The van der Waals surface area contributed by atoms with Crippen LogP contribution in [0.3, 0.4) is 0 Å². The molecule has 0 saturated heterocycles. The molecule has 0 radical (unpaired) electrons. The van der Waals surface area contributed by atoms with Crippen molar-refractivity contribution in [2.24, 2.45) is 0 Å². The molecule has 0 aliphatic carbocycles. The zero-order valence-electron chi connectivity index (χ0n) is 15.4. The standard InChI is InChI=1S/C20H15ClF3N3O2S/c21-14-6-4-12(5-7-14)17-16(27-8-9-30-18(27)26-17)11-29-19(28)25-15-3-1-2-13(10-15)20(22,23)24/h1-7,10H,8-9,11H2,(H,25,28). The average molecular weight is 454 g/mol. The average Bonchev–Trinajstić information content (AvgIpc) is 3.28. The van der Waals surface area contributed by atoms with Gasteiger partial charge in [-0.3, -0.25) is 5.32 Å². The highest BCUT2D eigenvalue weighted by atomic mass is 35.5. The van der Waals surface area contributed by atoms with E-state index in [4.69, 9.17) is 16.3 Å². The van der Waals surface area contributed by atoms with Crippen molar-refractivity contribution in [3.05, 3.63) is 64.8 Å². The number of hydrogen-bond acceptors (Lipinski definition) is 4. The maximum absolute atomic E-state index is 12.8. The first kappa shape index (κ1) is 20.6. The predicted octanol–water partition coefficient (Wildman–Crippen LogP) is 6.08. The fourth-order valence-corrected chi connectivity index (χ4v) is 4.17. The van der Waals surface area contributed by atoms with Gasteiger partial charge >= 0.3 is 12.3 Å². The predicted molar refractivity (Wildman–Crippen MR) is 109 cm³/mol. The van der Waals surface area contributed by atoms with Crippen LogP contribution in [0.15, 0.2) is 53.7 Å². The molecule has 30 heavy (non-hydrogen) atoms. The van der Waals surface area contributed by atoms with Crippen LogP contribution in [0.25, 0.3) is 11.3 Å². The number of nitrogens with one attached hydrogen (secondary N) is 1. The van der Waals surface area contributed by atoms with E-state index in [0.717, 1.165) is 40.8 Å². The number of nitrogens with zero attached hydrogens (tertiary/aromatic N) is 2. The third-order valence-electron chi connectivity index (χ3n) is 4.48. The molecule has 1 aliphatic rings. The summed E-state index contributed by atoms with van der Waals surface area (Å²) in [6.07, 6.45) is -5.34. The molecule has 156 valence electrons. The molecule has 2 aromatic carbocycles. The molecule has 1 aliphatic heterocycles. The van der Waals surface area contributed by atoms with Crippen LogP contribution in [0.2, 0.25) is 5.02 Å². The summed E-state index contributed by atoms with van der Waals surface area (Å²) in [7, 11) is 0. The number of imidazole rings is 1. The Morgan fingerprint density at radius 3 is 2.73 bits per heavy atom. The van der Waals surface area contributed by atoms with Gasteiger partial charge in [0.1, 0.15) is 6.61 Å². The number of ether oxygens (including phenoxy) is 1. The molecule has 0 atom stereocenters. The molecule has 0 unspecified atom stereocenters. The van der Waals surface area contributed by atoms with E-state index >= 15 is 0 Å². The maximum atomic E-state index is 12.8. The lowest BCUT2D eigenvalue weighted by molar-refractivity contribution is -0.137. The van der Waals surface area contributed by atoms with Crippen molar-refractivity contribution in [1.29, 1.82) is 0 Å². The Balaban J connectivity index is 1.50. The van der Waals surface area contributed by atoms with Gasteiger partial charge in [-0.2, -0.15) is 13.2 Å². The number of anilines is 1. The Bertz CT molecular complexity index is 1080. The van der Waals surface area contributed by atoms with Crippen molar-refractivity contribution >= 4 is 35.1 Å². The Morgan fingerprint density at radius 2 is 2.00 bits per heavy atom. The quantitative estimate of drug-likeness (QED) is 0.520. The number of hydrogen-bond donors (Lipinski definition) is 1. The first-order valence-corrected chi connectivity index (χ1v) is 10.3. The number of thioether (sulfide) groups is 1. The summed E-state index contributed by atoms with van der Waals surface area (Å²) >= 11 is 7.56. The van der Waals surface area contributed by atoms with Crippen LogP contribution in [0, 0.1) is 0 Å². The summed E-state index contributed by atoms with van der Waals surface area (Å²) in [6.45, 7) is 0.658. The van der Waals surface area contributed by atoms with Gasteiger partial charge in [-0.25, -0.2) is 9.78 Å². The van der Waals surface area contributed by atoms with Gasteiger partial charge in [0, 0.05) is 28.6 Å². The van der Waals surface area contributed by atoms with Crippen LogP contribution in [0.1, 0.15) is 11.3 Å². The topological polar surface area (TPSA) is 56.1 Å². The third-order valence-corrected chi connectivity index (χ3v) is 5.69. The summed E-state index contributed by atoms with van der Waals surface area (Å²) in [5.74, 6) is 0.868. The number of rotatable bonds is 4. The first-order valence-electron chi connectivity index (χ1n) is 8.90. The highest BCUT2D eigenvalue weighted by Gasteiger charge is 2.30. The molecule has 2 heterocycles. The Hall–Kier alpha value is -2.65. The maximum Gasteiger partial charge on any atom is 0.416 e. The van der Waals surface area contributed by atoms with Crippen molar-refractivity contribution in [2.75, 3.05) is 11.1 Å². The molecule has 4 rings (SSSR count). The van der Waals surface area contributed by atoms with E-state index in [9.17, 15) is 18.0 Å². The van der Waals surface area contributed by atoms with E-state index < -0.39 is 17.8 Å². The summed E-state index contributed by atoms with van der Waals surface area (Å²) < 4.78 is 45.8. The van der Waals surface area contributed by atoms with Gasteiger partial charge in [0.25, 0.3) is 0 Å². The van der Waals surface area contributed by atoms with Crippen LogP contribution in [-0.4, -0.2) is 21.4 Å². The van der Waals surface area contributed by atoms with Crippen LogP contribution in [-0.2, 0) is 24.1 Å². The number of carbonyl (C=O) groups excluding carboxylic acids is 1. The van der Waals surface area contributed by atoms with Crippen molar-refractivity contribution < 1.29 is 22.7 Å². The Kier molecular flexibility index (Phi) is 5.66. The van der Waals surface area contributed by atoms with Gasteiger partial charge in [-0.1, -0.05) is 41.6 Å². The van der Waals surface area contributed by atoms with Crippen LogP contribution >= 0.6 is 23.4 Å². The molecular weight excluding hydrogens is 439 g/mol. The van der Waals surface area contributed by atoms with Crippen molar-refractivity contribution in [3.63, 3.8) is 0 Å². The van der Waals surface area contributed by atoms with Crippen molar-refractivity contribution in [3.8, 4) is 11.3 Å². The SMILES string of the molecule is O=C(Nc1cccc(C(F)(F)F)c1)OCc1c(-c2ccc(Cl)cc2)nc2n1CCS2. The molecule has 0 saturated carbocycles. The number of fused-ring (bicyclic) bond motifs is 1. The minimum Gasteiger partial charge on any atom is -0.443 e. The summed E-state index contributed by atoms with van der Waals surface area (Å²) in [5.41, 5.74) is 1.38. The third kappa shape index (κ3) is 4.41. The molecule has 0 spiro atoms. The zero-order chi connectivity index (χ0) is 21.3. The van der Waals surface area contributed by atoms with E-state index in [-0.39, 0.29) is 12.3 Å². The van der Waals surface area contributed by atoms with E-state index in [1.807, 2.05) is 16.7 Å². The monoisotopic (exact) mass is 453 g/mol. The van der Waals surface area contributed by atoms with E-state index in [0.29, 0.717) is 10.7 Å². The minimum absolute atomic E-state index is 0.00168. The summed E-state index contributed by atoms with van der Waals surface area (Å²) in [5, 5.41) is 3.76. The number of benzene rings is 2. The van der Waals surface area contributed by atoms with Gasteiger partial charge in [0.2, 0.25) is 0 Å². The smallest absolute Gasteiger partial charge is 0.416 e. The molecule has 10 heteroatoms. The van der Waals surface area contributed by atoms with Gasteiger partial charge in [-0.15, -0.1) is 0 Å². The lowest BCUT2D eigenvalue weighted by atomic mass is 10.1. The lowest BCUT2D eigenvalue weighted by Gasteiger charge is -2.12. The number of carbonyl (C=O) groups is 1. The molecular formula is C20H15ClF3N3O2S. The van der Waals surface area contributed by atoms with Crippen molar-refractivity contribution in [1.82, 2.24) is 9.55 Å². The number of amides is 1. The second-order valence-corrected chi connectivity index (χ2v) is 7.97. The fourth-order valence-electron chi connectivity index (χ4n) is 3.08. The highest BCUT2D eigenvalue weighted by molar-refractivity contribution is 7.99. The van der Waals surface area contributed by atoms with Crippen molar-refractivity contribution in [2.45, 2.75) is 24.5 Å². The lowest BCUT2D eigenvalue weighted by Crippen LogP contribution is -2.16. The van der Waals surface area contributed by atoms with Gasteiger partial charge in [0.05, 0.1) is 17.0 Å². The fraction of sp³-hybridized carbons (Fsp3) is 0.200. The number of halogens is 4. The van der Waals surface area contributed by atoms with Gasteiger partial charge in [0.15, 0.2) is 5.16 Å². The zero-order valence-corrected chi connectivity index (χ0v) is 16.9. The molecule has 1 amide bonds. The summed E-state index contributed by atoms with van der Waals surface area (Å²) in [6, 6.07) is 11.5. The van der Waals surface area contributed by atoms with E-state index in [2.05, 4.69) is 10.3 Å². The molecule has 1 N–H and O–H groups in total. The van der Waals surface area contributed by atoms with E-state index in [1.165, 1.54) is 12.1 Å². The molecule has 5 nitrogen and oxygen atoms in total. The van der Waals surface area contributed by atoms with Gasteiger partial charge in [-0.05, 0) is 30.3 Å². The Morgan fingerprint density at radius 1 is 1.23 bits per heavy atom. The van der Waals surface area contributed by atoms with Gasteiger partial charge < -0.3 is 9.30 Å². The second kappa shape index (κ2) is 8.23. The number of alkyl halides is 3. The molecule has 3 aromatic rings. The summed E-state index contributed by atoms with van der Waals surface area (Å²) in [4.78, 5) is 16.8. The molecule has 1 aromatic heterocycles. The normalized spacial score (nSPS) is 13.2. The van der Waals surface area contributed by atoms with Crippen LogP contribution in [0.5, 0.6) is 0 Å². The van der Waals surface area contributed by atoms with Crippen LogP contribution in [0.4, 0.5) is 23.7 Å². The molecule has 0 bridgehead atoms. The molecule has 0 fully saturated rings.